The van der Waals surface area contributed by atoms with Crippen molar-refractivity contribution < 1.29 is 19.2 Å². The number of non-ortho nitro benzene ring substituents is 1. The van der Waals surface area contributed by atoms with Crippen molar-refractivity contribution in [3.63, 3.8) is 0 Å². The van der Waals surface area contributed by atoms with Gasteiger partial charge in [-0.15, -0.1) is 0 Å². The molecule has 0 aliphatic rings. The lowest BCUT2D eigenvalue weighted by Crippen LogP contribution is -2.27. The standard InChI is InChI=1S/C12H15BrN2O5/c1-19-11-8-9(15(17)18)2-3-10(11)12(16)14-5-7-20-6-4-13/h2-3,8H,4-7H2,1H3,(H,14,16). The second-order valence-electron chi connectivity index (χ2n) is 3.70. The number of amides is 1. The summed E-state index contributed by atoms with van der Waals surface area (Å²) in [6, 6.07) is 3.85. The lowest BCUT2D eigenvalue weighted by molar-refractivity contribution is -0.384. The zero-order valence-corrected chi connectivity index (χ0v) is 12.5. The first kappa shape index (κ1) is 16.4. The number of ether oxygens (including phenoxy) is 2. The highest BCUT2D eigenvalue weighted by molar-refractivity contribution is 9.09. The van der Waals surface area contributed by atoms with Gasteiger partial charge >= 0.3 is 0 Å². The monoisotopic (exact) mass is 346 g/mol. The number of nitrogens with zero attached hydrogens (tertiary/aromatic N) is 1. The second-order valence-corrected chi connectivity index (χ2v) is 4.49. The Balaban J connectivity index is 2.65. The number of carbonyl (C=O) groups is 1. The van der Waals surface area contributed by atoms with E-state index in [2.05, 4.69) is 21.2 Å². The minimum Gasteiger partial charge on any atom is -0.496 e. The van der Waals surface area contributed by atoms with E-state index in [1.807, 2.05) is 0 Å². The lowest BCUT2D eigenvalue weighted by Gasteiger charge is -2.09. The summed E-state index contributed by atoms with van der Waals surface area (Å²) in [6.07, 6.45) is 0. The van der Waals surface area contributed by atoms with Gasteiger partial charge in [-0.2, -0.15) is 0 Å². The molecule has 0 saturated heterocycles. The smallest absolute Gasteiger partial charge is 0.273 e. The number of methoxy groups -OCH3 is 1. The largest absolute Gasteiger partial charge is 0.496 e. The maximum absolute atomic E-state index is 11.9. The van der Waals surface area contributed by atoms with Crippen molar-refractivity contribution in [2.75, 3.05) is 32.2 Å². The third-order valence-electron chi connectivity index (χ3n) is 2.39. The number of rotatable bonds is 8. The molecular weight excluding hydrogens is 332 g/mol. The Kier molecular flexibility index (Phi) is 6.96. The van der Waals surface area contributed by atoms with E-state index in [9.17, 15) is 14.9 Å². The zero-order valence-electron chi connectivity index (χ0n) is 10.9. The molecule has 110 valence electrons. The first-order valence-electron chi connectivity index (χ1n) is 5.84. The molecule has 1 aromatic rings. The van der Waals surface area contributed by atoms with E-state index in [0.717, 1.165) is 5.33 Å². The van der Waals surface area contributed by atoms with E-state index in [-0.39, 0.29) is 22.9 Å². The van der Waals surface area contributed by atoms with Crippen LogP contribution in [0.5, 0.6) is 5.75 Å². The summed E-state index contributed by atoms with van der Waals surface area (Å²) in [4.78, 5) is 22.0. The molecule has 0 heterocycles. The predicted octanol–water partition coefficient (Wildman–Crippen LogP) is 1.74. The van der Waals surface area contributed by atoms with Crippen LogP contribution in [0, 0.1) is 10.1 Å². The van der Waals surface area contributed by atoms with Gasteiger partial charge in [-0.3, -0.25) is 14.9 Å². The number of alkyl halides is 1. The Hall–Kier alpha value is -1.67. The fraction of sp³-hybridized carbons (Fsp3) is 0.417. The SMILES string of the molecule is COc1cc([N+](=O)[O-])ccc1C(=O)NCCOCCBr. The summed E-state index contributed by atoms with van der Waals surface area (Å²) in [7, 11) is 1.36. The van der Waals surface area contributed by atoms with Crippen LogP contribution in [0.25, 0.3) is 0 Å². The molecule has 0 aliphatic heterocycles. The molecule has 0 aromatic heterocycles. The summed E-state index contributed by atoms with van der Waals surface area (Å²) < 4.78 is 10.2. The highest BCUT2D eigenvalue weighted by atomic mass is 79.9. The van der Waals surface area contributed by atoms with Crippen molar-refractivity contribution in [2.45, 2.75) is 0 Å². The van der Waals surface area contributed by atoms with Gasteiger partial charge in [0.1, 0.15) is 5.75 Å². The van der Waals surface area contributed by atoms with Crippen LogP contribution in [0.3, 0.4) is 0 Å². The topological polar surface area (TPSA) is 90.7 Å². The minimum absolute atomic E-state index is 0.126. The number of hydrogen-bond acceptors (Lipinski definition) is 5. The van der Waals surface area contributed by atoms with Crippen LogP contribution < -0.4 is 10.1 Å². The Morgan fingerprint density at radius 3 is 2.80 bits per heavy atom. The van der Waals surface area contributed by atoms with Crippen LogP contribution in [-0.2, 0) is 4.74 Å². The average molecular weight is 347 g/mol. The number of hydrogen-bond donors (Lipinski definition) is 1. The van der Waals surface area contributed by atoms with Crippen molar-refractivity contribution in [3.8, 4) is 5.75 Å². The molecule has 1 N–H and O–H groups in total. The van der Waals surface area contributed by atoms with Gasteiger partial charge in [-0.05, 0) is 6.07 Å². The van der Waals surface area contributed by atoms with Gasteiger partial charge in [0, 0.05) is 17.9 Å². The van der Waals surface area contributed by atoms with Gasteiger partial charge in [0.15, 0.2) is 0 Å². The summed E-state index contributed by atoms with van der Waals surface area (Å²) in [5.74, 6) is -0.197. The fourth-order valence-corrected chi connectivity index (χ4v) is 1.70. The number of nitro groups is 1. The molecule has 7 nitrogen and oxygen atoms in total. The van der Waals surface area contributed by atoms with Crippen molar-refractivity contribution >= 4 is 27.5 Å². The summed E-state index contributed by atoms with van der Waals surface area (Å²) >= 11 is 3.22. The van der Waals surface area contributed by atoms with Gasteiger partial charge in [0.25, 0.3) is 11.6 Å². The van der Waals surface area contributed by atoms with E-state index >= 15 is 0 Å². The van der Waals surface area contributed by atoms with Gasteiger partial charge in [-0.25, -0.2) is 0 Å². The van der Waals surface area contributed by atoms with Gasteiger partial charge in [-0.1, -0.05) is 15.9 Å². The number of carbonyl (C=O) groups excluding carboxylic acids is 1. The molecule has 1 aromatic carbocycles. The molecule has 0 radical (unpaired) electrons. The van der Waals surface area contributed by atoms with Gasteiger partial charge < -0.3 is 14.8 Å². The van der Waals surface area contributed by atoms with Crippen LogP contribution in [0.4, 0.5) is 5.69 Å². The van der Waals surface area contributed by atoms with E-state index in [1.165, 1.54) is 25.3 Å². The fourth-order valence-electron chi connectivity index (χ4n) is 1.47. The molecule has 0 aliphatic carbocycles. The van der Waals surface area contributed by atoms with E-state index < -0.39 is 4.92 Å². The quantitative estimate of drug-likeness (QED) is 0.335. The van der Waals surface area contributed by atoms with E-state index in [1.54, 1.807) is 0 Å². The molecule has 0 spiro atoms. The molecule has 8 heteroatoms. The molecule has 1 rings (SSSR count). The van der Waals surface area contributed by atoms with Crippen LogP contribution >= 0.6 is 15.9 Å². The molecule has 0 atom stereocenters. The van der Waals surface area contributed by atoms with Crippen LogP contribution in [-0.4, -0.2) is 43.0 Å². The van der Waals surface area contributed by atoms with Crippen molar-refractivity contribution in [2.24, 2.45) is 0 Å². The third kappa shape index (κ3) is 4.78. The molecule has 0 saturated carbocycles. The number of nitro benzene ring substituents is 1. The Morgan fingerprint density at radius 2 is 2.20 bits per heavy atom. The van der Waals surface area contributed by atoms with E-state index in [0.29, 0.717) is 19.8 Å². The third-order valence-corrected chi connectivity index (χ3v) is 2.72. The first-order valence-corrected chi connectivity index (χ1v) is 6.96. The Bertz CT molecular complexity index is 481. The van der Waals surface area contributed by atoms with Crippen molar-refractivity contribution in [1.82, 2.24) is 5.32 Å². The maximum atomic E-state index is 11.9. The number of halogens is 1. The van der Waals surface area contributed by atoms with E-state index in [4.69, 9.17) is 9.47 Å². The predicted molar refractivity (Wildman–Crippen MR) is 76.6 cm³/mol. The second kappa shape index (κ2) is 8.49. The van der Waals surface area contributed by atoms with Crippen LogP contribution in [0.15, 0.2) is 18.2 Å². The lowest BCUT2D eigenvalue weighted by atomic mass is 10.1. The normalized spacial score (nSPS) is 10.1. The average Bonchev–Trinajstić information content (AvgIpc) is 2.46. The van der Waals surface area contributed by atoms with Crippen molar-refractivity contribution in [3.05, 3.63) is 33.9 Å². The van der Waals surface area contributed by atoms with Crippen molar-refractivity contribution in [1.29, 1.82) is 0 Å². The summed E-state index contributed by atoms with van der Waals surface area (Å²) in [5.41, 5.74) is 0.123. The van der Waals surface area contributed by atoms with Gasteiger partial charge in [0.05, 0.1) is 36.9 Å². The molecule has 20 heavy (non-hydrogen) atoms. The summed E-state index contributed by atoms with van der Waals surface area (Å²) in [5, 5.41) is 14.0. The highest BCUT2D eigenvalue weighted by Gasteiger charge is 2.16. The van der Waals surface area contributed by atoms with Crippen LogP contribution in [0.1, 0.15) is 10.4 Å². The summed E-state index contributed by atoms with van der Waals surface area (Å²) in [6.45, 7) is 1.31. The molecule has 0 bridgehead atoms. The number of nitrogens with one attached hydrogen (secondary N) is 1. The minimum atomic E-state index is -0.543. The van der Waals surface area contributed by atoms with Gasteiger partial charge in [0.2, 0.25) is 0 Å². The Labute approximate surface area is 124 Å². The molecule has 0 unspecified atom stereocenters. The number of benzene rings is 1. The molecule has 0 fully saturated rings. The molecule has 1 amide bonds. The Morgan fingerprint density at radius 1 is 1.45 bits per heavy atom. The van der Waals surface area contributed by atoms with Crippen LogP contribution in [0.2, 0.25) is 0 Å². The highest BCUT2D eigenvalue weighted by Crippen LogP contribution is 2.24. The zero-order chi connectivity index (χ0) is 15.0. The maximum Gasteiger partial charge on any atom is 0.273 e. The molecular formula is C12H15BrN2O5. The first-order chi connectivity index (χ1) is 9.60.